The van der Waals surface area contributed by atoms with Crippen LogP contribution in [0.4, 0.5) is 0 Å². The molecule has 0 radical (unpaired) electrons. The van der Waals surface area contributed by atoms with Crippen LogP contribution in [0.2, 0.25) is 0 Å². The molecule has 2 aromatic carbocycles. The minimum Gasteiger partial charge on any atom is -0.493 e. The van der Waals surface area contributed by atoms with E-state index >= 15 is 0 Å². The molecule has 3 aromatic rings. The quantitative estimate of drug-likeness (QED) is 0.671. The van der Waals surface area contributed by atoms with Gasteiger partial charge in [0.05, 0.1) is 27.4 Å². The third-order valence-corrected chi connectivity index (χ3v) is 5.98. The summed E-state index contributed by atoms with van der Waals surface area (Å²) in [6.07, 6.45) is 2.08. The van der Waals surface area contributed by atoms with Gasteiger partial charge in [-0.15, -0.1) is 11.3 Å². The largest absolute Gasteiger partial charge is 0.493 e. The maximum atomic E-state index is 13.1. The SMILES string of the molecule is CCOc1ccccc1C(=O)N1CCCC(c2nc3ccccc3s2)C1. The molecule has 0 saturated carbocycles. The molecule has 4 nitrogen and oxygen atoms in total. The van der Waals surface area contributed by atoms with Crippen LogP contribution in [0.5, 0.6) is 5.75 Å². The van der Waals surface area contributed by atoms with Gasteiger partial charge in [0.25, 0.3) is 5.91 Å². The molecule has 134 valence electrons. The van der Waals surface area contributed by atoms with Crippen LogP contribution < -0.4 is 4.74 Å². The predicted molar refractivity (Wildman–Crippen MR) is 105 cm³/mol. The molecule has 0 bridgehead atoms. The lowest BCUT2D eigenvalue weighted by atomic mass is 9.98. The van der Waals surface area contributed by atoms with Crippen LogP contribution in [-0.2, 0) is 0 Å². The highest BCUT2D eigenvalue weighted by molar-refractivity contribution is 7.18. The second-order valence-electron chi connectivity index (χ2n) is 6.54. The topological polar surface area (TPSA) is 42.4 Å². The number of carbonyl (C=O) groups excluding carboxylic acids is 1. The smallest absolute Gasteiger partial charge is 0.257 e. The molecule has 4 rings (SSSR count). The van der Waals surface area contributed by atoms with Crippen LogP contribution >= 0.6 is 11.3 Å². The fourth-order valence-electron chi connectivity index (χ4n) is 3.52. The summed E-state index contributed by atoms with van der Waals surface area (Å²) in [4.78, 5) is 19.8. The molecule has 26 heavy (non-hydrogen) atoms. The van der Waals surface area contributed by atoms with E-state index in [0.717, 1.165) is 36.5 Å². The van der Waals surface area contributed by atoms with Crippen molar-refractivity contribution in [3.05, 3.63) is 59.1 Å². The van der Waals surface area contributed by atoms with Crippen LogP contribution in [0.1, 0.15) is 41.0 Å². The summed E-state index contributed by atoms with van der Waals surface area (Å²) in [6.45, 7) is 4.00. The monoisotopic (exact) mass is 366 g/mol. The molecule has 1 aliphatic heterocycles. The maximum absolute atomic E-state index is 13.1. The average Bonchev–Trinajstić information content (AvgIpc) is 3.13. The first-order valence-corrected chi connectivity index (χ1v) is 9.94. The van der Waals surface area contributed by atoms with Crippen molar-refractivity contribution in [2.24, 2.45) is 0 Å². The number of hydrogen-bond acceptors (Lipinski definition) is 4. The first-order chi connectivity index (χ1) is 12.8. The molecule has 1 amide bonds. The van der Waals surface area contributed by atoms with E-state index in [0.29, 0.717) is 23.8 Å². The Morgan fingerprint density at radius 1 is 1.23 bits per heavy atom. The second-order valence-corrected chi connectivity index (χ2v) is 7.60. The van der Waals surface area contributed by atoms with Gasteiger partial charge >= 0.3 is 0 Å². The number of thiazole rings is 1. The van der Waals surface area contributed by atoms with Crippen molar-refractivity contribution in [1.82, 2.24) is 9.88 Å². The van der Waals surface area contributed by atoms with Gasteiger partial charge in [0.2, 0.25) is 0 Å². The molecular weight excluding hydrogens is 344 g/mol. The van der Waals surface area contributed by atoms with E-state index in [2.05, 4.69) is 12.1 Å². The minimum absolute atomic E-state index is 0.0554. The van der Waals surface area contributed by atoms with E-state index in [9.17, 15) is 4.79 Å². The summed E-state index contributed by atoms with van der Waals surface area (Å²) >= 11 is 1.75. The summed E-state index contributed by atoms with van der Waals surface area (Å²) < 4.78 is 6.86. The van der Waals surface area contributed by atoms with Gasteiger partial charge < -0.3 is 9.64 Å². The van der Waals surface area contributed by atoms with Crippen molar-refractivity contribution in [2.75, 3.05) is 19.7 Å². The average molecular weight is 366 g/mol. The maximum Gasteiger partial charge on any atom is 0.257 e. The summed E-state index contributed by atoms with van der Waals surface area (Å²) in [5.41, 5.74) is 1.71. The molecule has 5 heteroatoms. The van der Waals surface area contributed by atoms with E-state index in [1.165, 1.54) is 4.70 Å². The Kier molecular flexibility index (Phi) is 4.89. The van der Waals surface area contributed by atoms with Gasteiger partial charge in [0.1, 0.15) is 5.75 Å². The van der Waals surface area contributed by atoms with Crippen molar-refractivity contribution >= 4 is 27.5 Å². The van der Waals surface area contributed by atoms with Gasteiger partial charge in [-0.05, 0) is 44.0 Å². The molecule has 1 aromatic heterocycles. The number of nitrogens with zero attached hydrogens (tertiary/aromatic N) is 2. The van der Waals surface area contributed by atoms with Gasteiger partial charge in [0, 0.05) is 19.0 Å². The number of aromatic nitrogens is 1. The summed E-state index contributed by atoms with van der Waals surface area (Å²) in [6, 6.07) is 15.8. The Bertz CT molecular complexity index is 888. The van der Waals surface area contributed by atoms with E-state index in [4.69, 9.17) is 9.72 Å². The normalized spacial score (nSPS) is 17.4. The fraction of sp³-hybridized carbons (Fsp3) is 0.333. The number of likely N-dealkylation sites (tertiary alicyclic amines) is 1. The van der Waals surface area contributed by atoms with Crippen molar-refractivity contribution in [3.63, 3.8) is 0 Å². The molecule has 1 aliphatic rings. The molecule has 0 N–H and O–H groups in total. The van der Waals surface area contributed by atoms with Crippen molar-refractivity contribution in [1.29, 1.82) is 0 Å². The number of amides is 1. The van der Waals surface area contributed by atoms with Crippen molar-refractivity contribution in [3.8, 4) is 5.75 Å². The number of rotatable bonds is 4. The number of hydrogen-bond donors (Lipinski definition) is 0. The summed E-state index contributed by atoms with van der Waals surface area (Å²) in [5.74, 6) is 1.03. The highest BCUT2D eigenvalue weighted by atomic mass is 32.1. The van der Waals surface area contributed by atoms with Crippen LogP contribution in [0.3, 0.4) is 0 Å². The second kappa shape index (κ2) is 7.46. The van der Waals surface area contributed by atoms with E-state index in [1.807, 2.05) is 48.2 Å². The lowest BCUT2D eigenvalue weighted by Crippen LogP contribution is -2.39. The molecule has 1 unspecified atom stereocenters. The highest BCUT2D eigenvalue weighted by Gasteiger charge is 2.28. The summed E-state index contributed by atoms with van der Waals surface area (Å²) in [7, 11) is 0. The Balaban J connectivity index is 1.56. The van der Waals surface area contributed by atoms with Gasteiger partial charge in [-0.1, -0.05) is 24.3 Å². The van der Waals surface area contributed by atoms with Crippen LogP contribution in [-0.4, -0.2) is 35.5 Å². The Morgan fingerprint density at radius 3 is 2.88 bits per heavy atom. The van der Waals surface area contributed by atoms with Gasteiger partial charge in [-0.2, -0.15) is 0 Å². The minimum atomic E-state index is 0.0554. The molecule has 2 heterocycles. The molecule has 1 saturated heterocycles. The Hall–Kier alpha value is -2.40. The van der Waals surface area contributed by atoms with Gasteiger partial charge in [-0.3, -0.25) is 4.79 Å². The third-order valence-electron chi connectivity index (χ3n) is 4.79. The highest BCUT2D eigenvalue weighted by Crippen LogP contribution is 2.34. The van der Waals surface area contributed by atoms with E-state index in [1.54, 1.807) is 11.3 Å². The Labute approximate surface area is 157 Å². The lowest BCUT2D eigenvalue weighted by Gasteiger charge is -2.32. The zero-order valence-corrected chi connectivity index (χ0v) is 15.7. The molecular formula is C21H22N2O2S. The molecule has 0 aliphatic carbocycles. The third kappa shape index (κ3) is 3.31. The van der Waals surface area contributed by atoms with Crippen LogP contribution in [0.15, 0.2) is 48.5 Å². The number of piperidine rings is 1. The van der Waals surface area contributed by atoms with Crippen LogP contribution in [0.25, 0.3) is 10.2 Å². The van der Waals surface area contributed by atoms with Crippen LogP contribution in [0, 0.1) is 0 Å². The number of ether oxygens (including phenoxy) is 1. The van der Waals surface area contributed by atoms with Gasteiger partial charge in [0.15, 0.2) is 0 Å². The molecule has 0 spiro atoms. The zero-order valence-electron chi connectivity index (χ0n) is 14.9. The number of fused-ring (bicyclic) bond motifs is 1. The summed E-state index contributed by atoms with van der Waals surface area (Å²) in [5, 5.41) is 1.14. The van der Waals surface area contributed by atoms with Crippen molar-refractivity contribution < 1.29 is 9.53 Å². The predicted octanol–water partition coefficient (Wildman–Crippen LogP) is 4.71. The molecule has 1 atom stereocenters. The number of benzene rings is 2. The number of para-hydroxylation sites is 2. The van der Waals surface area contributed by atoms with Crippen molar-refractivity contribution in [2.45, 2.75) is 25.7 Å². The Morgan fingerprint density at radius 2 is 2.04 bits per heavy atom. The first-order valence-electron chi connectivity index (χ1n) is 9.13. The fourth-order valence-corrected chi connectivity index (χ4v) is 4.62. The van der Waals surface area contributed by atoms with Gasteiger partial charge in [-0.25, -0.2) is 4.98 Å². The lowest BCUT2D eigenvalue weighted by molar-refractivity contribution is 0.0703. The number of carbonyl (C=O) groups is 1. The van der Waals surface area contributed by atoms with E-state index < -0.39 is 0 Å². The van der Waals surface area contributed by atoms with E-state index in [-0.39, 0.29) is 5.91 Å². The first kappa shape index (κ1) is 17.0. The molecule has 1 fully saturated rings. The zero-order chi connectivity index (χ0) is 17.9. The standard InChI is InChI=1S/C21H22N2O2S/c1-2-25-18-11-5-3-9-16(18)21(24)23-13-7-8-15(14-23)20-22-17-10-4-6-12-19(17)26-20/h3-6,9-12,15H,2,7-8,13-14H2,1H3.